The minimum Gasteiger partial charge on any atom is -0.324 e. The SMILES string of the molecule is CC(C(=O)Nc1ccccc1)n1cnc(Cl)c(Cl)c1=O. The van der Waals surface area contributed by atoms with Crippen LogP contribution in [0.1, 0.15) is 13.0 Å². The number of nitrogens with one attached hydrogen (secondary N) is 1. The summed E-state index contributed by atoms with van der Waals surface area (Å²) in [5, 5.41) is 2.42. The van der Waals surface area contributed by atoms with Gasteiger partial charge >= 0.3 is 0 Å². The monoisotopic (exact) mass is 311 g/mol. The van der Waals surface area contributed by atoms with Gasteiger partial charge in [0.05, 0.1) is 0 Å². The second-order valence-electron chi connectivity index (χ2n) is 4.09. The van der Waals surface area contributed by atoms with Gasteiger partial charge in [-0.05, 0) is 19.1 Å². The van der Waals surface area contributed by atoms with E-state index < -0.39 is 11.6 Å². The maximum atomic E-state index is 12.1. The first-order valence-corrected chi connectivity index (χ1v) is 6.54. The van der Waals surface area contributed by atoms with Gasteiger partial charge in [-0.15, -0.1) is 0 Å². The van der Waals surface area contributed by atoms with Crippen molar-refractivity contribution in [3.05, 3.63) is 57.2 Å². The molecule has 0 aliphatic rings. The fourth-order valence-corrected chi connectivity index (χ4v) is 1.86. The lowest BCUT2D eigenvalue weighted by Gasteiger charge is -2.15. The van der Waals surface area contributed by atoms with Gasteiger partial charge in [0.2, 0.25) is 5.91 Å². The third kappa shape index (κ3) is 3.00. The van der Waals surface area contributed by atoms with E-state index in [2.05, 4.69) is 10.3 Å². The Hall–Kier alpha value is -1.85. The van der Waals surface area contributed by atoms with E-state index in [0.29, 0.717) is 5.69 Å². The van der Waals surface area contributed by atoms with Crippen LogP contribution in [0.4, 0.5) is 5.69 Å². The highest BCUT2D eigenvalue weighted by molar-refractivity contribution is 6.40. The number of benzene rings is 1. The standard InChI is InChI=1S/C13H11Cl2N3O2/c1-8(12(19)17-9-5-3-2-4-6-9)18-7-16-11(15)10(14)13(18)20/h2-8H,1H3,(H,17,19). The van der Waals surface area contributed by atoms with Gasteiger partial charge < -0.3 is 5.32 Å². The second kappa shape index (κ2) is 6.07. The van der Waals surface area contributed by atoms with Gasteiger partial charge in [0.15, 0.2) is 5.15 Å². The van der Waals surface area contributed by atoms with Crippen LogP contribution in [0.15, 0.2) is 41.5 Å². The Balaban J connectivity index is 2.24. The summed E-state index contributed by atoms with van der Waals surface area (Å²) in [6, 6.07) is 8.18. The van der Waals surface area contributed by atoms with Crippen LogP contribution in [0.3, 0.4) is 0 Å². The van der Waals surface area contributed by atoms with Crippen molar-refractivity contribution in [3.63, 3.8) is 0 Å². The summed E-state index contributed by atoms with van der Waals surface area (Å²) in [4.78, 5) is 27.8. The predicted molar refractivity (Wildman–Crippen MR) is 78.3 cm³/mol. The van der Waals surface area contributed by atoms with Crippen molar-refractivity contribution in [2.24, 2.45) is 0 Å². The average molecular weight is 312 g/mol. The molecule has 1 aromatic carbocycles. The van der Waals surface area contributed by atoms with Crippen molar-refractivity contribution < 1.29 is 4.79 Å². The minimum atomic E-state index is -0.759. The molecule has 1 N–H and O–H groups in total. The van der Waals surface area contributed by atoms with Gasteiger partial charge in [-0.1, -0.05) is 41.4 Å². The van der Waals surface area contributed by atoms with Crippen molar-refractivity contribution >= 4 is 34.8 Å². The number of hydrogen-bond acceptors (Lipinski definition) is 3. The smallest absolute Gasteiger partial charge is 0.274 e. The summed E-state index contributed by atoms with van der Waals surface area (Å²) in [7, 11) is 0. The Labute approximate surface area is 125 Å². The van der Waals surface area contributed by atoms with E-state index in [-0.39, 0.29) is 16.1 Å². The normalized spacial score (nSPS) is 11.9. The number of amides is 1. The quantitative estimate of drug-likeness (QED) is 0.886. The van der Waals surface area contributed by atoms with Crippen molar-refractivity contribution in [1.29, 1.82) is 0 Å². The Morgan fingerprint density at radius 2 is 1.95 bits per heavy atom. The Morgan fingerprint density at radius 1 is 1.30 bits per heavy atom. The van der Waals surface area contributed by atoms with Gasteiger partial charge in [0.25, 0.3) is 5.56 Å². The van der Waals surface area contributed by atoms with Crippen LogP contribution in [0.25, 0.3) is 0 Å². The molecule has 0 saturated carbocycles. The third-order valence-corrected chi connectivity index (χ3v) is 3.46. The van der Waals surface area contributed by atoms with Crippen molar-refractivity contribution in [2.45, 2.75) is 13.0 Å². The van der Waals surface area contributed by atoms with Crippen LogP contribution in [-0.2, 0) is 4.79 Å². The zero-order valence-corrected chi connectivity index (χ0v) is 12.0. The fourth-order valence-electron chi connectivity index (χ4n) is 1.59. The van der Waals surface area contributed by atoms with Crippen LogP contribution in [0, 0.1) is 0 Å². The lowest BCUT2D eigenvalue weighted by Crippen LogP contribution is -2.32. The number of nitrogens with zero attached hydrogens (tertiary/aromatic N) is 2. The van der Waals surface area contributed by atoms with Crippen LogP contribution in [0.5, 0.6) is 0 Å². The molecule has 7 heteroatoms. The van der Waals surface area contributed by atoms with Gasteiger partial charge in [-0.25, -0.2) is 4.98 Å². The summed E-state index contributed by atoms with van der Waals surface area (Å²) in [5.74, 6) is -0.349. The Morgan fingerprint density at radius 3 is 2.60 bits per heavy atom. The van der Waals surface area contributed by atoms with Gasteiger partial charge in [0.1, 0.15) is 17.4 Å². The number of anilines is 1. The molecule has 1 aromatic heterocycles. The number of rotatable bonds is 3. The molecule has 0 fully saturated rings. The highest BCUT2D eigenvalue weighted by Crippen LogP contribution is 2.15. The lowest BCUT2D eigenvalue weighted by molar-refractivity contribution is -0.118. The van der Waals surface area contributed by atoms with Crippen molar-refractivity contribution in [3.8, 4) is 0 Å². The highest BCUT2D eigenvalue weighted by Gasteiger charge is 2.18. The number of hydrogen-bond donors (Lipinski definition) is 1. The largest absolute Gasteiger partial charge is 0.324 e. The topological polar surface area (TPSA) is 64.0 Å². The summed E-state index contributed by atoms with van der Waals surface area (Å²) in [5.41, 5.74) is 0.0906. The number of halogens is 2. The summed E-state index contributed by atoms with van der Waals surface area (Å²) in [6.45, 7) is 1.57. The van der Waals surface area contributed by atoms with E-state index in [1.807, 2.05) is 6.07 Å². The molecule has 1 amide bonds. The molecule has 20 heavy (non-hydrogen) atoms. The molecule has 1 unspecified atom stereocenters. The molecule has 0 radical (unpaired) electrons. The molecule has 0 bridgehead atoms. The number of para-hydroxylation sites is 1. The molecule has 0 saturated heterocycles. The Kier molecular flexibility index (Phi) is 4.42. The molecule has 0 aliphatic heterocycles. The summed E-state index contributed by atoms with van der Waals surface area (Å²) >= 11 is 11.4. The van der Waals surface area contributed by atoms with Gasteiger partial charge in [0, 0.05) is 5.69 Å². The first-order chi connectivity index (χ1) is 9.50. The van der Waals surface area contributed by atoms with Crippen LogP contribution >= 0.6 is 23.2 Å². The maximum Gasteiger partial charge on any atom is 0.274 e. The van der Waals surface area contributed by atoms with E-state index in [9.17, 15) is 9.59 Å². The van der Waals surface area contributed by atoms with Crippen LogP contribution in [0.2, 0.25) is 10.2 Å². The molecule has 1 heterocycles. The molecule has 104 valence electrons. The summed E-state index contributed by atoms with van der Waals surface area (Å²) in [6.07, 6.45) is 1.20. The molecule has 0 spiro atoms. The second-order valence-corrected chi connectivity index (χ2v) is 4.83. The number of aromatic nitrogens is 2. The molecule has 5 nitrogen and oxygen atoms in total. The van der Waals surface area contributed by atoms with E-state index >= 15 is 0 Å². The van der Waals surface area contributed by atoms with E-state index in [0.717, 1.165) is 4.57 Å². The zero-order valence-electron chi connectivity index (χ0n) is 10.5. The van der Waals surface area contributed by atoms with E-state index in [4.69, 9.17) is 23.2 Å². The van der Waals surface area contributed by atoms with E-state index in [1.54, 1.807) is 31.2 Å². The van der Waals surface area contributed by atoms with Gasteiger partial charge in [-0.2, -0.15) is 0 Å². The highest BCUT2D eigenvalue weighted by atomic mass is 35.5. The van der Waals surface area contributed by atoms with Crippen molar-refractivity contribution in [1.82, 2.24) is 9.55 Å². The zero-order chi connectivity index (χ0) is 14.7. The lowest BCUT2D eigenvalue weighted by atomic mass is 10.2. The average Bonchev–Trinajstić information content (AvgIpc) is 2.45. The molecular weight excluding hydrogens is 301 g/mol. The predicted octanol–water partition coefficient (Wildman–Crippen LogP) is 2.75. The molecule has 0 aliphatic carbocycles. The molecule has 2 aromatic rings. The van der Waals surface area contributed by atoms with Crippen LogP contribution < -0.4 is 10.9 Å². The third-order valence-electron chi connectivity index (χ3n) is 2.74. The molecule has 2 rings (SSSR count). The first-order valence-electron chi connectivity index (χ1n) is 5.78. The van der Waals surface area contributed by atoms with E-state index in [1.165, 1.54) is 6.33 Å². The number of carbonyl (C=O) groups is 1. The first kappa shape index (κ1) is 14.6. The van der Waals surface area contributed by atoms with Crippen molar-refractivity contribution in [2.75, 3.05) is 5.32 Å². The Bertz CT molecular complexity index is 686. The molecular formula is C13H11Cl2N3O2. The summed E-state index contributed by atoms with van der Waals surface area (Å²) < 4.78 is 1.13. The van der Waals surface area contributed by atoms with Gasteiger partial charge in [-0.3, -0.25) is 14.2 Å². The van der Waals surface area contributed by atoms with Crippen LogP contribution in [-0.4, -0.2) is 15.5 Å². The minimum absolute atomic E-state index is 0.0800. The number of carbonyl (C=O) groups excluding carboxylic acids is 1. The maximum absolute atomic E-state index is 12.1. The molecule has 1 atom stereocenters. The fraction of sp³-hybridized carbons (Fsp3) is 0.154.